The maximum atomic E-state index is 5.77. The summed E-state index contributed by atoms with van der Waals surface area (Å²) in [7, 11) is 0. The number of nitrogens with one attached hydrogen (secondary N) is 1. The highest BCUT2D eigenvalue weighted by Gasteiger charge is 2.31. The van der Waals surface area contributed by atoms with Crippen LogP contribution in [0.5, 0.6) is 0 Å². The van der Waals surface area contributed by atoms with Crippen LogP contribution in [0, 0.1) is 0 Å². The average Bonchev–Trinajstić information content (AvgIpc) is 2.89. The molecule has 1 aliphatic heterocycles. The summed E-state index contributed by atoms with van der Waals surface area (Å²) in [6.07, 6.45) is 2.29. The van der Waals surface area contributed by atoms with Gasteiger partial charge in [0.2, 0.25) is 0 Å². The minimum atomic E-state index is 0.396. The lowest BCUT2D eigenvalue weighted by molar-refractivity contribution is 0.491. The van der Waals surface area contributed by atoms with E-state index in [1.807, 2.05) is 0 Å². The van der Waals surface area contributed by atoms with Gasteiger partial charge in [0, 0.05) is 28.0 Å². The second-order valence-corrected chi connectivity index (χ2v) is 7.67. The van der Waals surface area contributed by atoms with Gasteiger partial charge < -0.3 is 0 Å². The molecule has 3 atom stereocenters. The van der Waals surface area contributed by atoms with Crippen molar-refractivity contribution in [3.05, 3.63) is 22.4 Å². The van der Waals surface area contributed by atoms with Crippen LogP contribution in [0.3, 0.4) is 0 Å². The maximum absolute atomic E-state index is 5.77. The van der Waals surface area contributed by atoms with E-state index in [4.69, 9.17) is 5.84 Å². The van der Waals surface area contributed by atoms with E-state index >= 15 is 0 Å². The van der Waals surface area contributed by atoms with Gasteiger partial charge in [-0.05, 0) is 35.2 Å². The van der Waals surface area contributed by atoms with Crippen molar-refractivity contribution in [2.24, 2.45) is 5.84 Å². The van der Waals surface area contributed by atoms with E-state index in [0.717, 1.165) is 11.7 Å². The molecule has 2 nitrogen and oxygen atoms in total. The summed E-state index contributed by atoms with van der Waals surface area (Å²) >= 11 is 5.97. The van der Waals surface area contributed by atoms with Crippen LogP contribution in [0.15, 0.2) is 16.8 Å². The summed E-state index contributed by atoms with van der Waals surface area (Å²) in [6.45, 7) is 2.29. The van der Waals surface area contributed by atoms with Gasteiger partial charge in [0.25, 0.3) is 0 Å². The molecule has 3 N–H and O–H groups in total. The second kappa shape index (κ2) is 7.04. The first-order chi connectivity index (χ1) is 8.35. The fourth-order valence-corrected chi connectivity index (χ4v) is 6.17. The molecule has 17 heavy (non-hydrogen) atoms. The zero-order valence-corrected chi connectivity index (χ0v) is 12.5. The summed E-state index contributed by atoms with van der Waals surface area (Å²) in [5.41, 5.74) is 4.45. The molecule has 1 aromatic rings. The van der Waals surface area contributed by atoms with Gasteiger partial charge in [0.1, 0.15) is 0 Å². The van der Waals surface area contributed by atoms with E-state index in [0.29, 0.717) is 11.3 Å². The third kappa shape index (κ3) is 3.64. The van der Waals surface area contributed by atoms with Crippen LogP contribution < -0.4 is 11.3 Å². The lowest BCUT2D eigenvalue weighted by Crippen LogP contribution is -2.49. The monoisotopic (exact) mass is 288 g/mol. The first-order valence-corrected chi connectivity index (χ1v) is 9.09. The van der Waals surface area contributed by atoms with E-state index in [1.165, 1.54) is 23.5 Å². The van der Waals surface area contributed by atoms with Crippen molar-refractivity contribution in [1.29, 1.82) is 0 Å². The summed E-state index contributed by atoms with van der Waals surface area (Å²) in [5.74, 6) is 8.31. The van der Waals surface area contributed by atoms with Crippen LogP contribution >= 0.6 is 34.9 Å². The Hall–Kier alpha value is 0.320. The smallest absolute Gasteiger partial charge is 0.0380 e. The van der Waals surface area contributed by atoms with Crippen LogP contribution in [-0.4, -0.2) is 28.0 Å². The Morgan fingerprint density at radius 2 is 2.29 bits per heavy atom. The Kier molecular flexibility index (Phi) is 5.69. The highest BCUT2D eigenvalue weighted by molar-refractivity contribution is 8.07. The van der Waals surface area contributed by atoms with Crippen molar-refractivity contribution in [1.82, 2.24) is 5.43 Å². The van der Waals surface area contributed by atoms with Crippen molar-refractivity contribution in [3.63, 3.8) is 0 Å². The normalized spacial score (nSPS) is 26.9. The van der Waals surface area contributed by atoms with Gasteiger partial charge in [-0.25, -0.2) is 0 Å². The largest absolute Gasteiger partial charge is 0.271 e. The molecule has 3 unspecified atom stereocenters. The van der Waals surface area contributed by atoms with Gasteiger partial charge in [-0.3, -0.25) is 11.3 Å². The molecule has 0 radical (unpaired) electrons. The molecule has 1 saturated heterocycles. The van der Waals surface area contributed by atoms with E-state index in [-0.39, 0.29) is 0 Å². The third-order valence-electron chi connectivity index (χ3n) is 3.14. The Bertz CT molecular complexity index is 316. The van der Waals surface area contributed by atoms with Crippen molar-refractivity contribution in [2.45, 2.75) is 36.3 Å². The zero-order valence-electron chi connectivity index (χ0n) is 10.1. The molecule has 1 fully saturated rings. The Balaban J connectivity index is 2.00. The maximum Gasteiger partial charge on any atom is 0.0380 e. The van der Waals surface area contributed by atoms with Gasteiger partial charge in [-0.2, -0.15) is 34.9 Å². The number of thioether (sulfide) groups is 2. The average molecular weight is 289 g/mol. The molecule has 1 aromatic heterocycles. The fraction of sp³-hybridized carbons (Fsp3) is 0.667. The van der Waals surface area contributed by atoms with Crippen LogP contribution in [0.4, 0.5) is 0 Å². The SMILES string of the molecule is CCC1SCCSC1C(Cc1ccsc1)NN. The van der Waals surface area contributed by atoms with Crippen molar-refractivity contribution in [2.75, 3.05) is 11.5 Å². The minimum Gasteiger partial charge on any atom is -0.271 e. The zero-order chi connectivity index (χ0) is 12.1. The quantitative estimate of drug-likeness (QED) is 0.645. The molecule has 0 spiro atoms. The molecule has 2 heterocycles. The third-order valence-corrected chi connectivity index (χ3v) is 7.28. The van der Waals surface area contributed by atoms with Gasteiger partial charge in [-0.15, -0.1) is 0 Å². The molecule has 96 valence electrons. The van der Waals surface area contributed by atoms with Crippen molar-refractivity contribution < 1.29 is 0 Å². The van der Waals surface area contributed by atoms with Crippen molar-refractivity contribution >= 4 is 34.9 Å². The highest BCUT2D eigenvalue weighted by atomic mass is 32.2. The summed E-state index contributed by atoms with van der Waals surface area (Å²) in [5, 5.41) is 5.76. The predicted molar refractivity (Wildman–Crippen MR) is 81.9 cm³/mol. The van der Waals surface area contributed by atoms with E-state index in [1.54, 1.807) is 11.3 Å². The summed E-state index contributed by atoms with van der Waals surface area (Å²) in [4.78, 5) is 0. The Morgan fingerprint density at radius 1 is 1.47 bits per heavy atom. The van der Waals surface area contributed by atoms with Crippen LogP contribution in [0.2, 0.25) is 0 Å². The number of nitrogens with two attached hydrogens (primary N) is 1. The predicted octanol–water partition coefficient (Wildman–Crippen LogP) is 2.75. The first-order valence-electron chi connectivity index (χ1n) is 6.05. The first kappa shape index (κ1) is 13.7. The van der Waals surface area contributed by atoms with E-state index < -0.39 is 0 Å². The lowest BCUT2D eigenvalue weighted by Gasteiger charge is -2.35. The topological polar surface area (TPSA) is 38.0 Å². The number of hydrazine groups is 1. The van der Waals surface area contributed by atoms with Gasteiger partial charge in [-0.1, -0.05) is 6.92 Å². The Morgan fingerprint density at radius 3 is 2.94 bits per heavy atom. The second-order valence-electron chi connectivity index (χ2n) is 4.26. The van der Waals surface area contributed by atoms with E-state index in [2.05, 4.69) is 52.7 Å². The fourth-order valence-electron chi connectivity index (χ4n) is 2.24. The van der Waals surface area contributed by atoms with Crippen LogP contribution in [-0.2, 0) is 6.42 Å². The molecule has 0 saturated carbocycles. The van der Waals surface area contributed by atoms with E-state index in [9.17, 15) is 0 Å². The van der Waals surface area contributed by atoms with Crippen molar-refractivity contribution in [3.8, 4) is 0 Å². The minimum absolute atomic E-state index is 0.396. The molecule has 0 bridgehead atoms. The molecule has 0 amide bonds. The summed E-state index contributed by atoms with van der Waals surface area (Å²) in [6, 6.07) is 2.60. The lowest BCUT2D eigenvalue weighted by atomic mass is 10.0. The molecule has 5 heteroatoms. The number of rotatable bonds is 5. The summed E-state index contributed by atoms with van der Waals surface area (Å²) < 4.78 is 0. The van der Waals surface area contributed by atoms with Gasteiger partial charge in [0.05, 0.1) is 0 Å². The Labute approximate surface area is 116 Å². The van der Waals surface area contributed by atoms with Gasteiger partial charge >= 0.3 is 0 Å². The standard InChI is InChI=1S/C12H20N2S3/c1-2-11-12(17-6-5-16-11)10(14-13)7-9-3-4-15-8-9/h3-4,8,10-12,14H,2,5-7,13H2,1H3. The molecular weight excluding hydrogens is 268 g/mol. The number of hydrogen-bond donors (Lipinski definition) is 2. The molecule has 0 aliphatic carbocycles. The highest BCUT2D eigenvalue weighted by Crippen LogP contribution is 2.35. The number of thiophene rings is 1. The molecular formula is C12H20N2S3. The molecule has 1 aliphatic rings. The molecule has 2 rings (SSSR count). The number of hydrogen-bond acceptors (Lipinski definition) is 5. The van der Waals surface area contributed by atoms with Crippen LogP contribution in [0.25, 0.3) is 0 Å². The molecule has 0 aromatic carbocycles. The van der Waals surface area contributed by atoms with Gasteiger partial charge in [0.15, 0.2) is 0 Å². The van der Waals surface area contributed by atoms with Crippen LogP contribution in [0.1, 0.15) is 18.9 Å².